The van der Waals surface area contributed by atoms with Crippen LogP contribution in [-0.4, -0.2) is 22.6 Å². The summed E-state index contributed by atoms with van der Waals surface area (Å²) >= 11 is 6.25. The van der Waals surface area contributed by atoms with Gasteiger partial charge in [-0.15, -0.1) is 0 Å². The second kappa shape index (κ2) is 6.93. The molecule has 29 heavy (non-hydrogen) atoms. The summed E-state index contributed by atoms with van der Waals surface area (Å²) in [5, 5.41) is 3.32. The van der Waals surface area contributed by atoms with Crippen molar-refractivity contribution in [3.05, 3.63) is 71.4 Å². The van der Waals surface area contributed by atoms with Gasteiger partial charge in [-0.05, 0) is 36.4 Å². The highest BCUT2D eigenvalue weighted by molar-refractivity contribution is 6.33. The SMILES string of the molecule is Fc1cccc(Cl)c1-c1nc2cccc(F)n2c1Nc1ccc2c(c1)OCCO2. The third kappa shape index (κ3) is 3.03. The van der Waals surface area contributed by atoms with Gasteiger partial charge in [-0.25, -0.2) is 9.37 Å². The lowest BCUT2D eigenvalue weighted by Gasteiger charge is -2.19. The smallest absolute Gasteiger partial charge is 0.201 e. The summed E-state index contributed by atoms with van der Waals surface area (Å²) in [6.45, 7) is 0.922. The van der Waals surface area contributed by atoms with Crippen LogP contribution in [0.1, 0.15) is 0 Å². The Morgan fingerprint density at radius 1 is 0.966 bits per heavy atom. The minimum Gasteiger partial charge on any atom is -0.486 e. The zero-order chi connectivity index (χ0) is 20.0. The first-order valence-electron chi connectivity index (χ1n) is 8.90. The molecule has 0 atom stereocenters. The van der Waals surface area contributed by atoms with E-state index in [1.165, 1.54) is 28.7 Å². The summed E-state index contributed by atoms with van der Waals surface area (Å²) in [6, 6.07) is 14.1. The molecule has 8 heteroatoms. The molecule has 0 saturated carbocycles. The van der Waals surface area contributed by atoms with E-state index >= 15 is 0 Å². The molecule has 3 heterocycles. The maximum atomic E-state index is 14.7. The predicted molar refractivity (Wildman–Crippen MR) is 106 cm³/mol. The molecule has 0 radical (unpaired) electrons. The van der Waals surface area contributed by atoms with Crippen LogP contribution in [0.3, 0.4) is 0 Å². The summed E-state index contributed by atoms with van der Waals surface area (Å²) in [7, 11) is 0. The van der Waals surface area contributed by atoms with E-state index < -0.39 is 11.8 Å². The molecule has 0 amide bonds. The monoisotopic (exact) mass is 413 g/mol. The molecule has 4 aromatic rings. The van der Waals surface area contributed by atoms with Gasteiger partial charge in [0.05, 0.1) is 10.6 Å². The average molecular weight is 414 g/mol. The molecule has 0 unspecified atom stereocenters. The van der Waals surface area contributed by atoms with E-state index in [0.29, 0.717) is 36.0 Å². The molecule has 5 rings (SSSR count). The Kier molecular flexibility index (Phi) is 4.24. The zero-order valence-electron chi connectivity index (χ0n) is 15.0. The van der Waals surface area contributed by atoms with Crippen LogP contribution in [0, 0.1) is 11.8 Å². The van der Waals surface area contributed by atoms with Gasteiger partial charge in [0, 0.05) is 11.8 Å². The molecular formula is C21H14ClF2N3O2. The van der Waals surface area contributed by atoms with Crippen LogP contribution in [-0.2, 0) is 0 Å². The van der Waals surface area contributed by atoms with Crippen LogP contribution in [0.25, 0.3) is 16.9 Å². The number of nitrogens with one attached hydrogen (secondary N) is 1. The lowest BCUT2D eigenvalue weighted by atomic mass is 10.1. The van der Waals surface area contributed by atoms with Gasteiger partial charge in [-0.2, -0.15) is 4.39 Å². The minimum absolute atomic E-state index is 0.0947. The number of benzene rings is 2. The van der Waals surface area contributed by atoms with Crippen LogP contribution in [0.4, 0.5) is 20.3 Å². The molecule has 1 N–H and O–H groups in total. The summed E-state index contributed by atoms with van der Waals surface area (Å²) in [5.74, 6) is 0.353. The van der Waals surface area contributed by atoms with Crippen LogP contribution < -0.4 is 14.8 Å². The highest BCUT2D eigenvalue weighted by Crippen LogP contribution is 2.39. The maximum Gasteiger partial charge on any atom is 0.201 e. The van der Waals surface area contributed by atoms with Crippen molar-refractivity contribution in [3.8, 4) is 22.8 Å². The van der Waals surface area contributed by atoms with Crippen molar-refractivity contribution in [2.75, 3.05) is 18.5 Å². The fraction of sp³-hybridized carbons (Fsp3) is 0.0952. The molecule has 0 bridgehead atoms. The van der Waals surface area contributed by atoms with Crippen molar-refractivity contribution in [2.45, 2.75) is 0 Å². The van der Waals surface area contributed by atoms with Gasteiger partial charge >= 0.3 is 0 Å². The highest BCUT2D eigenvalue weighted by Gasteiger charge is 2.22. The topological polar surface area (TPSA) is 47.8 Å². The number of nitrogens with zero attached hydrogens (tertiary/aromatic N) is 2. The van der Waals surface area contributed by atoms with Gasteiger partial charge in [-0.1, -0.05) is 23.7 Å². The van der Waals surface area contributed by atoms with E-state index in [1.807, 2.05) is 0 Å². The van der Waals surface area contributed by atoms with Gasteiger partial charge in [0.1, 0.15) is 36.2 Å². The molecule has 2 aromatic heterocycles. The first kappa shape index (κ1) is 17.8. The Morgan fingerprint density at radius 3 is 2.59 bits per heavy atom. The second-order valence-corrected chi connectivity index (χ2v) is 6.84. The summed E-state index contributed by atoms with van der Waals surface area (Å²) < 4.78 is 41.7. The van der Waals surface area contributed by atoms with Gasteiger partial charge in [0.15, 0.2) is 11.5 Å². The van der Waals surface area contributed by atoms with E-state index in [9.17, 15) is 8.78 Å². The predicted octanol–water partition coefficient (Wildman–Crippen LogP) is 5.45. The third-order valence-corrected chi connectivity index (χ3v) is 4.92. The Hall–Kier alpha value is -3.32. The summed E-state index contributed by atoms with van der Waals surface area (Å²) in [6.07, 6.45) is 0. The second-order valence-electron chi connectivity index (χ2n) is 6.43. The molecule has 146 valence electrons. The van der Waals surface area contributed by atoms with Crippen LogP contribution >= 0.6 is 11.6 Å². The number of imidazole rings is 1. The molecule has 2 aromatic carbocycles. The molecule has 5 nitrogen and oxygen atoms in total. The van der Waals surface area contributed by atoms with Gasteiger partial charge in [0.25, 0.3) is 0 Å². The summed E-state index contributed by atoms with van der Waals surface area (Å²) in [5.41, 5.74) is 1.22. The lowest BCUT2D eigenvalue weighted by Crippen LogP contribution is -2.15. The van der Waals surface area contributed by atoms with E-state index in [-0.39, 0.29) is 22.1 Å². The van der Waals surface area contributed by atoms with Crippen molar-refractivity contribution in [2.24, 2.45) is 0 Å². The Morgan fingerprint density at radius 2 is 1.76 bits per heavy atom. The minimum atomic E-state index is -0.550. The number of ether oxygens (including phenoxy) is 2. The van der Waals surface area contributed by atoms with Crippen molar-refractivity contribution >= 4 is 28.8 Å². The molecule has 0 aliphatic carbocycles. The molecule has 0 spiro atoms. The number of hydrogen-bond acceptors (Lipinski definition) is 4. The Labute approximate surface area is 169 Å². The maximum absolute atomic E-state index is 14.7. The first-order valence-corrected chi connectivity index (χ1v) is 9.27. The number of pyridine rings is 1. The fourth-order valence-corrected chi connectivity index (χ4v) is 3.58. The first-order chi connectivity index (χ1) is 14.1. The van der Waals surface area contributed by atoms with Crippen molar-refractivity contribution in [1.82, 2.24) is 9.38 Å². The van der Waals surface area contributed by atoms with E-state index in [1.54, 1.807) is 30.3 Å². The Bertz CT molecular complexity index is 1220. The largest absolute Gasteiger partial charge is 0.486 e. The molecular weight excluding hydrogens is 400 g/mol. The summed E-state index contributed by atoms with van der Waals surface area (Å²) in [4.78, 5) is 4.43. The molecule has 1 aliphatic rings. The number of anilines is 2. The van der Waals surface area contributed by atoms with Crippen LogP contribution in [0.15, 0.2) is 54.6 Å². The van der Waals surface area contributed by atoms with Crippen molar-refractivity contribution < 1.29 is 18.3 Å². The van der Waals surface area contributed by atoms with Crippen LogP contribution in [0.5, 0.6) is 11.5 Å². The number of rotatable bonds is 3. The van der Waals surface area contributed by atoms with Crippen LogP contribution in [0.2, 0.25) is 5.02 Å². The van der Waals surface area contributed by atoms with E-state index in [2.05, 4.69) is 10.3 Å². The average Bonchev–Trinajstić information content (AvgIpc) is 3.07. The zero-order valence-corrected chi connectivity index (χ0v) is 15.7. The van der Waals surface area contributed by atoms with Crippen molar-refractivity contribution in [3.63, 3.8) is 0 Å². The van der Waals surface area contributed by atoms with E-state index in [4.69, 9.17) is 21.1 Å². The van der Waals surface area contributed by atoms with Gasteiger partial charge < -0.3 is 14.8 Å². The normalized spacial score (nSPS) is 12.9. The van der Waals surface area contributed by atoms with Gasteiger partial charge in [0.2, 0.25) is 5.95 Å². The number of fused-ring (bicyclic) bond motifs is 2. The number of halogens is 3. The third-order valence-electron chi connectivity index (χ3n) is 4.60. The van der Waals surface area contributed by atoms with Crippen molar-refractivity contribution in [1.29, 1.82) is 0 Å². The number of aromatic nitrogens is 2. The molecule has 0 saturated heterocycles. The number of hydrogen-bond donors (Lipinski definition) is 1. The quantitative estimate of drug-likeness (QED) is 0.454. The highest BCUT2D eigenvalue weighted by atomic mass is 35.5. The Balaban J connectivity index is 1.70. The van der Waals surface area contributed by atoms with E-state index in [0.717, 1.165) is 0 Å². The molecule has 0 fully saturated rings. The lowest BCUT2D eigenvalue weighted by molar-refractivity contribution is 0.171. The molecule has 1 aliphatic heterocycles. The standard InChI is InChI=1S/C21H14ClF2N3O2/c22-13-3-1-4-14(23)19(13)20-21(27-17(24)5-2-6-18(27)26-20)25-12-7-8-15-16(11-12)29-10-9-28-15/h1-8,11,25H,9-10H2. The fourth-order valence-electron chi connectivity index (χ4n) is 3.33. The van der Waals surface area contributed by atoms with Gasteiger partial charge in [-0.3, -0.25) is 4.40 Å².